The SMILES string of the molecule is Cc1nc(Cl)c(C(=O)O)c(C)c1[N+](=O)[O-]. The van der Waals surface area contributed by atoms with Gasteiger partial charge in [-0.25, -0.2) is 9.78 Å². The lowest BCUT2D eigenvalue weighted by Crippen LogP contribution is -2.07. The number of carboxylic acids is 1. The van der Waals surface area contributed by atoms with Crippen molar-refractivity contribution in [2.75, 3.05) is 0 Å². The van der Waals surface area contributed by atoms with E-state index in [2.05, 4.69) is 4.98 Å². The van der Waals surface area contributed by atoms with E-state index in [-0.39, 0.29) is 27.7 Å². The predicted octanol–water partition coefficient (Wildman–Crippen LogP) is 1.96. The molecule has 1 heterocycles. The van der Waals surface area contributed by atoms with E-state index < -0.39 is 10.9 Å². The Morgan fingerprint density at radius 2 is 2.07 bits per heavy atom. The lowest BCUT2D eigenvalue weighted by molar-refractivity contribution is -0.386. The van der Waals surface area contributed by atoms with Crippen molar-refractivity contribution < 1.29 is 14.8 Å². The zero-order chi connectivity index (χ0) is 11.7. The first-order chi connectivity index (χ1) is 6.86. The Morgan fingerprint density at radius 3 is 2.47 bits per heavy atom. The maximum absolute atomic E-state index is 10.8. The molecule has 0 aliphatic carbocycles. The third-order valence-electron chi connectivity index (χ3n) is 1.94. The minimum Gasteiger partial charge on any atom is -0.478 e. The molecule has 0 aromatic carbocycles. The van der Waals surface area contributed by atoms with Crippen molar-refractivity contribution in [1.82, 2.24) is 4.98 Å². The van der Waals surface area contributed by atoms with Gasteiger partial charge in [0.05, 0.1) is 4.92 Å². The number of aromatic carboxylic acids is 1. The maximum Gasteiger partial charge on any atom is 0.339 e. The number of aromatic nitrogens is 1. The normalized spacial score (nSPS) is 10.1. The van der Waals surface area contributed by atoms with Crippen molar-refractivity contribution in [3.63, 3.8) is 0 Å². The minimum absolute atomic E-state index is 0.0185. The van der Waals surface area contributed by atoms with Gasteiger partial charge in [-0.1, -0.05) is 11.6 Å². The number of nitrogens with zero attached hydrogens (tertiary/aromatic N) is 2. The number of rotatable bonds is 2. The van der Waals surface area contributed by atoms with Gasteiger partial charge in [0, 0.05) is 5.56 Å². The van der Waals surface area contributed by atoms with Gasteiger partial charge < -0.3 is 5.11 Å². The van der Waals surface area contributed by atoms with Crippen LogP contribution in [0.25, 0.3) is 0 Å². The second-order valence-corrected chi connectivity index (χ2v) is 3.26. The molecule has 7 heteroatoms. The van der Waals surface area contributed by atoms with Gasteiger partial charge in [0.2, 0.25) is 0 Å². The van der Waals surface area contributed by atoms with E-state index in [9.17, 15) is 14.9 Å². The maximum atomic E-state index is 10.8. The molecule has 1 aromatic heterocycles. The van der Waals surface area contributed by atoms with Crippen LogP contribution in [0.2, 0.25) is 5.15 Å². The molecule has 80 valence electrons. The highest BCUT2D eigenvalue weighted by molar-refractivity contribution is 6.32. The van der Waals surface area contributed by atoms with Crippen molar-refractivity contribution in [2.24, 2.45) is 0 Å². The monoisotopic (exact) mass is 230 g/mol. The molecule has 0 unspecified atom stereocenters. The molecule has 1 aromatic rings. The molecular weight excluding hydrogens is 224 g/mol. The van der Waals surface area contributed by atoms with Crippen LogP contribution in [0.15, 0.2) is 0 Å². The molecule has 0 saturated carbocycles. The van der Waals surface area contributed by atoms with E-state index in [1.807, 2.05) is 0 Å². The highest BCUT2D eigenvalue weighted by atomic mass is 35.5. The Morgan fingerprint density at radius 1 is 1.53 bits per heavy atom. The third kappa shape index (κ3) is 1.89. The summed E-state index contributed by atoms with van der Waals surface area (Å²) in [4.78, 5) is 24.4. The van der Waals surface area contributed by atoms with Gasteiger partial charge in [0.25, 0.3) is 5.69 Å². The van der Waals surface area contributed by atoms with Crippen LogP contribution in [-0.4, -0.2) is 21.0 Å². The average molecular weight is 231 g/mol. The highest BCUT2D eigenvalue weighted by Crippen LogP contribution is 2.28. The van der Waals surface area contributed by atoms with Crippen LogP contribution < -0.4 is 0 Å². The fraction of sp³-hybridized carbons (Fsp3) is 0.250. The first kappa shape index (κ1) is 11.4. The largest absolute Gasteiger partial charge is 0.478 e. The number of halogens is 1. The Hall–Kier alpha value is -1.69. The molecule has 6 nitrogen and oxygen atoms in total. The van der Waals surface area contributed by atoms with Crippen LogP contribution in [-0.2, 0) is 0 Å². The molecule has 0 bridgehead atoms. The predicted molar refractivity (Wildman–Crippen MR) is 52.3 cm³/mol. The molecule has 0 amide bonds. The van der Waals surface area contributed by atoms with Crippen molar-refractivity contribution in [1.29, 1.82) is 0 Å². The molecule has 1 rings (SSSR count). The Bertz CT molecular complexity index is 420. The van der Waals surface area contributed by atoms with Gasteiger partial charge >= 0.3 is 5.97 Å². The third-order valence-corrected chi connectivity index (χ3v) is 2.22. The van der Waals surface area contributed by atoms with Crippen LogP contribution in [0, 0.1) is 24.0 Å². The molecule has 15 heavy (non-hydrogen) atoms. The smallest absolute Gasteiger partial charge is 0.339 e. The summed E-state index contributed by atoms with van der Waals surface area (Å²) in [6.45, 7) is 2.74. The van der Waals surface area contributed by atoms with Crippen LogP contribution in [0.3, 0.4) is 0 Å². The van der Waals surface area contributed by atoms with Crippen LogP contribution in [0.1, 0.15) is 21.6 Å². The van der Waals surface area contributed by atoms with E-state index in [1.54, 1.807) is 0 Å². The highest BCUT2D eigenvalue weighted by Gasteiger charge is 2.25. The quantitative estimate of drug-likeness (QED) is 0.476. The number of hydrogen-bond acceptors (Lipinski definition) is 4. The molecule has 0 saturated heterocycles. The van der Waals surface area contributed by atoms with Gasteiger partial charge in [0.15, 0.2) is 0 Å². The molecule has 1 N–H and O–H groups in total. The van der Waals surface area contributed by atoms with Crippen molar-refractivity contribution >= 4 is 23.3 Å². The van der Waals surface area contributed by atoms with Crippen molar-refractivity contribution in [2.45, 2.75) is 13.8 Å². The van der Waals surface area contributed by atoms with Gasteiger partial charge in [-0.15, -0.1) is 0 Å². The molecule has 0 spiro atoms. The summed E-state index contributed by atoms with van der Waals surface area (Å²) in [6.07, 6.45) is 0. The van der Waals surface area contributed by atoms with E-state index >= 15 is 0 Å². The first-order valence-corrected chi connectivity index (χ1v) is 4.28. The number of nitro groups is 1. The van der Waals surface area contributed by atoms with Crippen LogP contribution >= 0.6 is 11.6 Å². The van der Waals surface area contributed by atoms with E-state index in [4.69, 9.17) is 16.7 Å². The lowest BCUT2D eigenvalue weighted by Gasteiger charge is -2.05. The summed E-state index contributed by atoms with van der Waals surface area (Å²) >= 11 is 5.59. The van der Waals surface area contributed by atoms with Crippen LogP contribution in [0.5, 0.6) is 0 Å². The summed E-state index contributed by atoms with van der Waals surface area (Å²) in [7, 11) is 0. The fourth-order valence-electron chi connectivity index (χ4n) is 1.32. The van der Waals surface area contributed by atoms with Gasteiger partial charge in [0.1, 0.15) is 16.4 Å². The first-order valence-electron chi connectivity index (χ1n) is 3.90. The average Bonchev–Trinajstić information content (AvgIpc) is 1.99. The second-order valence-electron chi connectivity index (χ2n) is 2.90. The Kier molecular flexibility index (Phi) is 2.90. The molecule has 0 fully saturated rings. The summed E-state index contributed by atoms with van der Waals surface area (Å²) < 4.78 is 0. The number of aryl methyl sites for hydroxylation is 1. The standard InChI is InChI=1S/C8H7ClN2O4/c1-3-5(8(12)13)7(9)10-4(2)6(3)11(14)15/h1-2H3,(H,12,13). The van der Waals surface area contributed by atoms with Gasteiger partial charge in [-0.2, -0.15) is 0 Å². The van der Waals surface area contributed by atoms with Gasteiger partial charge in [-0.05, 0) is 13.8 Å². The lowest BCUT2D eigenvalue weighted by atomic mass is 10.1. The van der Waals surface area contributed by atoms with Crippen molar-refractivity contribution in [3.8, 4) is 0 Å². The molecular formula is C8H7ClN2O4. The zero-order valence-corrected chi connectivity index (χ0v) is 8.70. The molecule has 0 atom stereocenters. The Balaban J connectivity index is 3.64. The topological polar surface area (TPSA) is 93.3 Å². The Labute approximate surface area is 89.7 Å². The summed E-state index contributed by atoms with van der Waals surface area (Å²) in [6, 6.07) is 0. The molecule has 0 radical (unpaired) electrons. The second kappa shape index (κ2) is 3.82. The number of pyridine rings is 1. The zero-order valence-electron chi connectivity index (χ0n) is 7.94. The summed E-state index contributed by atoms with van der Waals surface area (Å²) in [5.74, 6) is -1.33. The summed E-state index contributed by atoms with van der Waals surface area (Å²) in [5, 5.41) is 19.2. The minimum atomic E-state index is -1.33. The van der Waals surface area contributed by atoms with Crippen LogP contribution in [0.4, 0.5) is 5.69 Å². The number of carboxylic acid groups (broad SMARTS) is 1. The van der Waals surface area contributed by atoms with E-state index in [0.29, 0.717) is 0 Å². The number of carbonyl (C=O) groups is 1. The van der Waals surface area contributed by atoms with Crippen molar-refractivity contribution in [3.05, 3.63) is 32.1 Å². The number of hydrogen-bond donors (Lipinski definition) is 1. The fourth-order valence-corrected chi connectivity index (χ4v) is 1.67. The van der Waals surface area contributed by atoms with E-state index in [1.165, 1.54) is 13.8 Å². The van der Waals surface area contributed by atoms with Gasteiger partial charge in [-0.3, -0.25) is 10.1 Å². The molecule has 0 aliphatic heterocycles. The molecule has 0 aliphatic rings. The van der Waals surface area contributed by atoms with E-state index in [0.717, 1.165) is 0 Å². The summed E-state index contributed by atoms with van der Waals surface area (Å²) in [5.41, 5.74) is -0.511.